The number of methoxy groups -OCH3 is 1. The van der Waals surface area contributed by atoms with Gasteiger partial charge in [-0.15, -0.1) is 11.3 Å². The molecule has 1 unspecified atom stereocenters. The van der Waals surface area contributed by atoms with Crippen molar-refractivity contribution < 1.29 is 19.0 Å². The van der Waals surface area contributed by atoms with Crippen LogP contribution in [0.3, 0.4) is 0 Å². The van der Waals surface area contributed by atoms with E-state index >= 15 is 4.39 Å². The fourth-order valence-corrected chi connectivity index (χ4v) is 5.74. The monoisotopic (exact) mass is 514 g/mol. The molecule has 1 saturated heterocycles. The molecule has 2 aromatic heterocycles. The Hall–Kier alpha value is -2.66. The molecule has 0 amide bonds. The number of carboxylic acid groups (broad SMARTS) is 1. The molecule has 3 heterocycles. The number of pyridine rings is 1. The Morgan fingerprint density at radius 3 is 2.94 bits per heavy atom. The summed E-state index contributed by atoms with van der Waals surface area (Å²) in [6.45, 7) is 2.06. The van der Waals surface area contributed by atoms with Gasteiger partial charge >= 0.3 is 5.97 Å². The molecule has 5 nitrogen and oxygen atoms in total. The van der Waals surface area contributed by atoms with Gasteiger partial charge in [0.15, 0.2) is 0 Å². The average molecular weight is 515 g/mol. The highest BCUT2D eigenvalue weighted by molar-refractivity contribution is 7.16. The van der Waals surface area contributed by atoms with Crippen LogP contribution in [0.5, 0.6) is 5.75 Å². The van der Waals surface area contributed by atoms with Crippen molar-refractivity contribution in [2.24, 2.45) is 11.8 Å². The molecule has 0 radical (unpaired) electrons. The van der Waals surface area contributed by atoms with E-state index in [2.05, 4.69) is 21.7 Å². The molecule has 0 bridgehead atoms. The molecule has 0 spiro atoms. The van der Waals surface area contributed by atoms with Gasteiger partial charge in [0.25, 0.3) is 0 Å². The van der Waals surface area contributed by atoms with Gasteiger partial charge in [0.05, 0.1) is 28.4 Å². The van der Waals surface area contributed by atoms with E-state index in [0.29, 0.717) is 41.6 Å². The minimum atomic E-state index is -1.15. The summed E-state index contributed by atoms with van der Waals surface area (Å²) in [6, 6.07) is 10.9. The number of halogens is 2. The van der Waals surface area contributed by atoms with E-state index < -0.39 is 12.1 Å². The van der Waals surface area contributed by atoms with E-state index in [-0.39, 0.29) is 18.3 Å². The number of nitrogens with zero attached hydrogens (tertiary/aromatic N) is 2. The van der Waals surface area contributed by atoms with Crippen molar-refractivity contribution in [1.82, 2.24) is 9.88 Å². The molecule has 1 aliphatic heterocycles. The summed E-state index contributed by atoms with van der Waals surface area (Å²) in [5.74, 6) is 6.28. The van der Waals surface area contributed by atoms with E-state index in [9.17, 15) is 9.90 Å². The number of benzene rings is 1. The van der Waals surface area contributed by atoms with Gasteiger partial charge in [-0.2, -0.15) is 0 Å². The highest BCUT2D eigenvalue weighted by Gasteiger charge is 2.31. The zero-order valence-corrected chi connectivity index (χ0v) is 21.1. The predicted octanol–water partition coefficient (Wildman–Crippen LogP) is 6.21. The first-order valence-electron chi connectivity index (χ1n) is 11.7. The number of thiophene rings is 1. The Kier molecular flexibility index (Phi) is 8.61. The Morgan fingerprint density at radius 2 is 2.20 bits per heavy atom. The zero-order valence-electron chi connectivity index (χ0n) is 19.5. The number of carboxylic acids is 1. The number of ether oxygens (including phenoxy) is 1. The van der Waals surface area contributed by atoms with Gasteiger partial charge < -0.3 is 9.84 Å². The van der Waals surface area contributed by atoms with Crippen molar-refractivity contribution in [3.8, 4) is 17.6 Å². The van der Waals surface area contributed by atoms with Crippen LogP contribution in [0.25, 0.3) is 10.9 Å². The summed E-state index contributed by atoms with van der Waals surface area (Å²) < 4.78 is 21.4. The Labute approximate surface area is 213 Å². The Bertz CT molecular complexity index is 1240. The maximum absolute atomic E-state index is 15.4. The van der Waals surface area contributed by atoms with E-state index in [1.807, 2.05) is 30.3 Å². The fraction of sp³-hybridized carbons (Fsp3) is 0.407. The van der Waals surface area contributed by atoms with Crippen molar-refractivity contribution in [2.75, 3.05) is 26.7 Å². The third kappa shape index (κ3) is 6.72. The van der Waals surface area contributed by atoms with Crippen molar-refractivity contribution in [2.45, 2.75) is 31.9 Å². The lowest BCUT2D eigenvalue weighted by Gasteiger charge is -2.37. The zero-order chi connectivity index (χ0) is 24.8. The molecule has 0 aliphatic carbocycles. The van der Waals surface area contributed by atoms with Crippen LogP contribution in [-0.4, -0.2) is 47.7 Å². The third-order valence-electron chi connectivity index (χ3n) is 6.61. The van der Waals surface area contributed by atoms with Crippen molar-refractivity contribution in [1.29, 1.82) is 0 Å². The van der Waals surface area contributed by atoms with Gasteiger partial charge in [0.2, 0.25) is 0 Å². The fourth-order valence-electron chi connectivity index (χ4n) is 4.82. The van der Waals surface area contributed by atoms with Crippen LogP contribution in [0, 0.1) is 23.7 Å². The summed E-state index contributed by atoms with van der Waals surface area (Å²) in [6.07, 6.45) is 2.38. The minimum Gasteiger partial charge on any atom is -0.497 e. The summed E-state index contributed by atoms with van der Waals surface area (Å²) in [5.41, 5.74) is 1.33. The normalized spacial score (nSPS) is 19.2. The number of aromatic nitrogens is 1. The molecule has 1 aromatic carbocycles. The van der Waals surface area contributed by atoms with Crippen molar-refractivity contribution >= 4 is 39.8 Å². The first-order valence-corrected chi connectivity index (χ1v) is 12.9. The topological polar surface area (TPSA) is 62.7 Å². The maximum atomic E-state index is 15.4. The number of rotatable bonds is 8. The van der Waals surface area contributed by atoms with E-state index in [4.69, 9.17) is 16.3 Å². The van der Waals surface area contributed by atoms with Gasteiger partial charge in [-0.1, -0.05) is 23.4 Å². The Morgan fingerprint density at radius 1 is 1.34 bits per heavy atom. The van der Waals surface area contributed by atoms with Crippen LogP contribution in [0.4, 0.5) is 4.39 Å². The van der Waals surface area contributed by atoms with Gasteiger partial charge in [-0.05, 0) is 79.6 Å². The quantitative estimate of drug-likeness (QED) is 0.362. The average Bonchev–Trinajstić information content (AvgIpc) is 3.27. The second-order valence-electron chi connectivity index (χ2n) is 8.88. The van der Waals surface area contributed by atoms with Crippen LogP contribution < -0.4 is 4.74 Å². The second kappa shape index (κ2) is 11.9. The lowest BCUT2D eigenvalue weighted by atomic mass is 9.79. The number of aliphatic carboxylic acids is 1. The first kappa shape index (κ1) is 25.4. The highest BCUT2D eigenvalue weighted by Crippen LogP contribution is 2.36. The molecule has 1 aliphatic rings. The lowest BCUT2D eigenvalue weighted by molar-refractivity contribution is -0.139. The van der Waals surface area contributed by atoms with Gasteiger partial charge in [0, 0.05) is 24.5 Å². The SMILES string of the molecule is COc1ccc2nccc(C(F)CC[C@@H]3CCN(CC#Cc4ccc(Cl)s4)C[C@@H]3CC(=O)O)c2c1. The molecular formula is C27H28ClFN2O3S. The van der Waals surface area contributed by atoms with Gasteiger partial charge in [0.1, 0.15) is 11.9 Å². The number of likely N-dealkylation sites (tertiary alicyclic amines) is 1. The van der Waals surface area contributed by atoms with E-state index in [1.165, 1.54) is 11.3 Å². The second-order valence-corrected chi connectivity index (χ2v) is 10.6. The number of hydrogen-bond acceptors (Lipinski definition) is 5. The standard InChI is InChI=1S/C27H28ClFN2O3S/c1-34-20-5-8-25-23(16-20)22(10-12-30-25)24(29)7-4-18-11-14-31(17-19(18)15-27(32)33)13-2-3-21-6-9-26(28)35-21/h5-6,8-10,12,16,18-19,24H,4,7,11,13-15,17H2,1H3,(H,32,33)/t18-,19+,24?/m1/s1. The summed E-state index contributed by atoms with van der Waals surface area (Å²) >= 11 is 7.40. The highest BCUT2D eigenvalue weighted by atomic mass is 35.5. The summed E-state index contributed by atoms with van der Waals surface area (Å²) in [7, 11) is 1.59. The molecule has 1 fully saturated rings. The first-order chi connectivity index (χ1) is 16.9. The molecule has 1 N–H and O–H groups in total. The molecule has 35 heavy (non-hydrogen) atoms. The number of alkyl halides is 1. The van der Waals surface area contributed by atoms with Crippen LogP contribution in [0.2, 0.25) is 4.34 Å². The number of fused-ring (bicyclic) bond motifs is 1. The van der Waals surface area contributed by atoms with Crippen LogP contribution in [0.1, 0.15) is 42.3 Å². The van der Waals surface area contributed by atoms with E-state index in [1.54, 1.807) is 19.4 Å². The molecule has 3 aromatic rings. The van der Waals surface area contributed by atoms with Gasteiger partial charge in [-0.3, -0.25) is 14.7 Å². The number of carbonyl (C=O) groups is 1. The number of piperidine rings is 1. The number of hydrogen-bond donors (Lipinski definition) is 1. The van der Waals surface area contributed by atoms with Crippen molar-refractivity contribution in [3.63, 3.8) is 0 Å². The summed E-state index contributed by atoms with van der Waals surface area (Å²) in [4.78, 5) is 19.0. The molecule has 4 rings (SSSR count). The summed E-state index contributed by atoms with van der Waals surface area (Å²) in [5, 5.41) is 10.2. The molecule has 8 heteroatoms. The van der Waals surface area contributed by atoms with Crippen LogP contribution in [0.15, 0.2) is 42.6 Å². The predicted molar refractivity (Wildman–Crippen MR) is 138 cm³/mol. The van der Waals surface area contributed by atoms with Crippen LogP contribution >= 0.6 is 22.9 Å². The Balaban J connectivity index is 1.39. The third-order valence-corrected chi connectivity index (χ3v) is 7.76. The van der Waals surface area contributed by atoms with Crippen molar-refractivity contribution in [3.05, 3.63) is 57.4 Å². The van der Waals surface area contributed by atoms with Crippen LogP contribution in [-0.2, 0) is 4.79 Å². The molecule has 0 saturated carbocycles. The smallest absolute Gasteiger partial charge is 0.303 e. The van der Waals surface area contributed by atoms with E-state index in [0.717, 1.165) is 28.7 Å². The molecule has 184 valence electrons. The lowest BCUT2D eigenvalue weighted by Crippen LogP contribution is -2.41. The molecular weight excluding hydrogens is 487 g/mol. The largest absolute Gasteiger partial charge is 0.497 e. The van der Waals surface area contributed by atoms with Gasteiger partial charge in [-0.25, -0.2) is 4.39 Å². The molecule has 3 atom stereocenters. The maximum Gasteiger partial charge on any atom is 0.303 e. The minimum absolute atomic E-state index is 0.0271.